The molecule has 90 valence electrons. The van der Waals surface area contributed by atoms with Gasteiger partial charge in [0.2, 0.25) is 0 Å². The van der Waals surface area contributed by atoms with E-state index in [-0.39, 0.29) is 10.8 Å². The van der Waals surface area contributed by atoms with Gasteiger partial charge in [-0.05, 0) is 29.9 Å². The van der Waals surface area contributed by atoms with Gasteiger partial charge in [-0.1, -0.05) is 32.9 Å². The van der Waals surface area contributed by atoms with Crippen molar-refractivity contribution in [1.29, 1.82) is 0 Å². The Morgan fingerprint density at radius 1 is 1.31 bits per heavy atom. The van der Waals surface area contributed by atoms with Gasteiger partial charge in [-0.3, -0.25) is 0 Å². The van der Waals surface area contributed by atoms with E-state index < -0.39 is 11.6 Å². The molecule has 0 aliphatic heterocycles. The Balaban J connectivity index is 2.85. The molecule has 3 heteroatoms. The van der Waals surface area contributed by atoms with Crippen LogP contribution in [-0.2, 0) is 6.42 Å². The van der Waals surface area contributed by atoms with Crippen LogP contribution < -0.4 is 0 Å². The van der Waals surface area contributed by atoms with Crippen molar-refractivity contribution in [3.63, 3.8) is 0 Å². The monoisotopic (exact) mass is 246 g/mol. The highest BCUT2D eigenvalue weighted by Gasteiger charge is 2.27. The number of alkyl halides is 1. The van der Waals surface area contributed by atoms with Crippen LogP contribution in [0.1, 0.15) is 32.8 Å². The van der Waals surface area contributed by atoms with Crippen molar-refractivity contribution in [2.45, 2.75) is 39.0 Å². The summed E-state index contributed by atoms with van der Waals surface area (Å²) < 4.78 is 26.4. The molecule has 1 unspecified atom stereocenters. The molecule has 1 aromatic rings. The summed E-state index contributed by atoms with van der Waals surface area (Å²) in [6.07, 6.45) is 1.25. The summed E-state index contributed by atoms with van der Waals surface area (Å²) in [5.41, 5.74) is 0.266. The predicted octanol–water partition coefficient (Wildman–Crippen LogP) is 4.55. The Morgan fingerprint density at radius 2 is 1.94 bits per heavy atom. The van der Waals surface area contributed by atoms with Gasteiger partial charge in [0.1, 0.15) is 0 Å². The summed E-state index contributed by atoms with van der Waals surface area (Å²) in [4.78, 5) is 0. The Hall–Kier alpha value is -0.630. The molecule has 0 radical (unpaired) electrons. The maximum atomic E-state index is 13.4. The molecule has 0 aliphatic rings. The van der Waals surface area contributed by atoms with E-state index in [1.807, 2.05) is 20.8 Å². The van der Waals surface area contributed by atoms with Gasteiger partial charge in [-0.25, -0.2) is 8.78 Å². The van der Waals surface area contributed by atoms with Crippen LogP contribution in [-0.4, -0.2) is 5.38 Å². The first kappa shape index (κ1) is 13.4. The van der Waals surface area contributed by atoms with Crippen molar-refractivity contribution < 1.29 is 8.78 Å². The fraction of sp³-hybridized carbons (Fsp3) is 0.538. The third-order valence-electron chi connectivity index (χ3n) is 3.19. The van der Waals surface area contributed by atoms with Gasteiger partial charge in [-0.2, -0.15) is 0 Å². The molecule has 0 spiro atoms. The second kappa shape index (κ2) is 5.13. The minimum absolute atomic E-state index is 0.0830. The van der Waals surface area contributed by atoms with Gasteiger partial charge in [0.25, 0.3) is 0 Å². The highest BCUT2D eigenvalue weighted by atomic mass is 35.5. The Kier molecular flexibility index (Phi) is 4.31. The fourth-order valence-corrected chi connectivity index (χ4v) is 1.72. The molecular formula is C13H17ClF2. The molecule has 0 fully saturated rings. The third kappa shape index (κ3) is 2.94. The zero-order chi connectivity index (χ0) is 12.3. The van der Waals surface area contributed by atoms with Crippen molar-refractivity contribution in [3.8, 4) is 0 Å². The van der Waals surface area contributed by atoms with Gasteiger partial charge < -0.3 is 0 Å². The topological polar surface area (TPSA) is 0 Å². The lowest BCUT2D eigenvalue weighted by Crippen LogP contribution is -2.26. The largest absolute Gasteiger partial charge is 0.204 e. The van der Waals surface area contributed by atoms with Crippen molar-refractivity contribution in [1.82, 2.24) is 0 Å². The summed E-state index contributed by atoms with van der Waals surface area (Å²) in [6, 6.07) is 4.21. The SMILES string of the molecule is CCC(C)(C)C(Cl)Cc1cccc(F)c1F. The number of rotatable bonds is 4. The second-order valence-electron chi connectivity index (χ2n) is 4.73. The summed E-state index contributed by atoms with van der Waals surface area (Å²) in [6.45, 7) is 6.10. The zero-order valence-electron chi connectivity index (χ0n) is 9.86. The van der Waals surface area contributed by atoms with Gasteiger partial charge in [0, 0.05) is 5.38 Å². The molecule has 0 heterocycles. The second-order valence-corrected chi connectivity index (χ2v) is 5.25. The Bertz CT molecular complexity index is 361. The number of hydrogen-bond donors (Lipinski definition) is 0. The number of halogens is 3. The first-order valence-corrected chi connectivity index (χ1v) is 5.89. The molecule has 0 aromatic heterocycles. The fourth-order valence-electron chi connectivity index (χ4n) is 1.40. The van der Waals surface area contributed by atoms with Gasteiger partial charge >= 0.3 is 0 Å². The van der Waals surface area contributed by atoms with Gasteiger partial charge in [-0.15, -0.1) is 11.6 Å². The van der Waals surface area contributed by atoms with Crippen LogP contribution in [0.15, 0.2) is 18.2 Å². The molecule has 1 aromatic carbocycles. The molecule has 0 amide bonds. The molecular weight excluding hydrogens is 230 g/mol. The maximum absolute atomic E-state index is 13.4. The maximum Gasteiger partial charge on any atom is 0.162 e. The van der Waals surface area contributed by atoms with E-state index in [2.05, 4.69) is 0 Å². The lowest BCUT2D eigenvalue weighted by Gasteiger charge is -2.28. The van der Waals surface area contributed by atoms with E-state index in [0.29, 0.717) is 12.0 Å². The number of benzene rings is 1. The molecule has 0 nitrogen and oxygen atoms in total. The summed E-state index contributed by atoms with van der Waals surface area (Å²) in [5, 5.41) is -0.200. The lowest BCUT2D eigenvalue weighted by atomic mass is 9.83. The minimum Gasteiger partial charge on any atom is -0.204 e. The normalized spacial score (nSPS) is 13.9. The van der Waals surface area contributed by atoms with Crippen LogP contribution in [0, 0.1) is 17.0 Å². The lowest BCUT2D eigenvalue weighted by molar-refractivity contribution is 0.327. The van der Waals surface area contributed by atoms with Gasteiger partial charge in [0.15, 0.2) is 11.6 Å². The van der Waals surface area contributed by atoms with Crippen LogP contribution >= 0.6 is 11.6 Å². The number of hydrogen-bond acceptors (Lipinski definition) is 0. The standard InChI is InChI=1S/C13H17ClF2/c1-4-13(2,3)11(14)8-9-6-5-7-10(15)12(9)16/h5-7,11H,4,8H2,1-3H3. The average molecular weight is 247 g/mol. The molecule has 0 N–H and O–H groups in total. The van der Waals surface area contributed by atoms with Crippen LogP contribution in [0.4, 0.5) is 8.78 Å². The van der Waals surface area contributed by atoms with Crippen molar-refractivity contribution in [3.05, 3.63) is 35.4 Å². The van der Waals surface area contributed by atoms with Crippen molar-refractivity contribution in [2.24, 2.45) is 5.41 Å². The van der Waals surface area contributed by atoms with E-state index in [4.69, 9.17) is 11.6 Å². The third-order valence-corrected chi connectivity index (χ3v) is 3.93. The van der Waals surface area contributed by atoms with Crippen LogP contribution in [0.2, 0.25) is 0 Å². The molecule has 0 saturated heterocycles. The molecule has 1 atom stereocenters. The van der Waals surface area contributed by atoms with Crippen molar-refractivity contribution in [2.75, 3.05) is 0 Å². The van der Waals surface area contributed by atoms with Gasteiger partial charge in [0.05, 0.1) is 0 Å². The average Bonchev–Trinajstić information content (AvgIpc) is 2.24. The molecule has 1 rings (SSSR count). The summed E-state index contributed by atoms with van der Waals surface area (Å²) >= 11 is 6.24. The van der Waals surface area contributed by atoms with Crippen LogP contribution in [0.3, 0.4) is 0 Å². The minimum atomic E-state index is -0.810. The zero-order valence-corrected chi connectivity index (χ0v) is 10.6. The van der Waals surface area contributed by atoms with Crippen molar-refractivity contribution >= 4 is 11.6 Å². The van der Waals surface area contributed by atoms with E-state index in [0.717, 1.165) is 12.5 Å². The van der Waals surface area contributed by atoms with E-state index in [9.17, 15) is 8.78 Å². The summed E-state index contributed by atoms with van der Waals surface area (Å²) in [7, 11) is 0. The molecule has 0 bridgehead atoms. The first-order chi connectivity index (χ1) is 7.38. The summed E-state index contributed by atoms with van der Waals surface area (Å²) in [5.74, 6) is -1.59. The predicted molar refractivity (Wildman–Crippen MR) is 63.8 cm³/mol. The Morgan fingerprint density at radius 3 is 2.50 bits per heavy atom. The van der Waals surface area contributed by atoms with Crippen LogP contribution in [0.25, 0.3) is 0 Å². The highest BCUT2D eigenvalue weighted by Crippen LogP contribution is 2.32. The molecule has 16 heavy (non-hydrogen) atoms. The first-order valence-electron chi connectivity index (χ1n) is 5.45. The van der Waals surface area contributed by atoms with E-state index in [1.54, 1.807) is 6.07 Å². The van der Waals surface area contributed by atoms with E-state index >= 15 is 0 Å². The quantitative estimate of drug-likeness (QED) is 0.684. The van der Waals surface area contributed by atoms with Crippen LogP contribution in [0.5, 0.6) is 0 Å². The molecule has 0 saturated carbocycles. The highest BCUT2D eigenvalue weighted by molar-refractivity contribution is 6.21. The smallest absolute Gasteiger partial charge is 0.162 e. The van der Waals surface area contributed by atoms with E-state index in [1.165, 1.54) is 6.07 Å². The Labute approximate surface area is 101 Å². The molecule has 0 aliphatic carbocycles.